The highest BCUT2D eigenvalue weighted by Crippen LogP contribution is 2.31. The van der Waals surface area contributed by atoms with Crippen LogP contribution in [-0.2, 0) is 9.53 Å². The number of ether oxygens (including phenoxy) is 1. The zero-order valence-electron chi connectivity index (χ0n) is 11.5. The summed E-state index contributed by atoms with van der Waals surface area (Å²) in [6, 6.07) is 4.31. The van der Waals surface area contributed by atoms with Crippen molar-refractivity contribution in [3.05, 3.63) is 45.6 Å². The fraction of sp³-hybridized carbons (Fsp3) is 0.143. The van der Waals surface area contributed by atoms with Crippen molar-refractivity contribution in [3.63, 3.8) is 0 Å². The van der Waals surface area contributed by atoms with Gasteiger partial charge in [-0.25, -0.2) is 9.59 Å². The van der Waals surface area contributed by atoms with Gasteiger partial charge in [-0.1, -0.05) is 12.1 Å². The minimum Gasteiger partial charge on any atom is -0.478 e. The van der Waals surface area contributed by atoms with E-state index in [0.29, 0.717) is 5.39 Å². The maximum Gasteiger partial charge on any atom is 0.355 e. The lowest BCUT2D eigenvalue weighted by Gasteiger charge is -2.00. The molecule has 8 heteroatoms. The standard InChI is InChI=1S/C14H12N2O6/c1-2-22-14(19)13-9(6-7-11(17)18)8-4-3-5-10(16(20)21)12(8)15-13/h3-7,15H,2H2,1H3,(H,17,18)/b7-6+. The second-order valence-electron chi connectivity index (χ2n) is 4.26. The van der Waals surface area contributed by atoms with Gasteiger partial charge in [0.25, 0.3) is 5.69 Å². The lowest BCUT2D eigenvalue weighted by molar-refractivity contribution is -0.383. The Bertz CT molecular complexity index is 790. The molecule has 0 amide bonds. The number of hydrogen-bond acceptors (Lipinski definition) is 5. The van der Waals surface area contributed by atoms with Crippen LogP contribution in [0.3, 0.4) is 0 Å². The Labute approximate surface area is 124 Å². The Hall–Kier alpha value is -3.16. The number of carbonyl (C=O) groups excluding carboxylic acids is 1. The number of benzene rings is 1. The number of H-pyrrole nitrogens is 1. The van der Waals surface area contributed by atoms with Gasteiger partial charge in [0.1, 0.15) is 11.2 Å². The number of aliphatic carboxylic acids is 1. The number of para-hydroxylation sites is 1. The molecule has 0 saturated carbocycles. The van der Waals surface area contributed by atoms with E-state index in [4.69, 9.17) is 9.84 Å². The lowest BCUT2D eigenvalue weighted by atomic mass is 10.1. The summed E-state index contributed by atoms with van der Waals surface area (Å²) >= 11 is 0. The fourth-order valence-corrected chi connectivity index (χ4v) is 2.07. The van der Waals surface area contributed by atoms with Crippen molar-refractivity contribution < 1.29 is 24.4 Å². The number of rotatable bonds is 5. The van der Waals surface area contributed by atoms with Crippen LogP contribution in [0.5, 0.6) is 0 Å². The second-order valence-corrected chi connectivity index (χ2v) is 4.26. The molecule has 22 heavy (non-hydrogen) atoms. The minimum absolute atomic E-state index is 0.0244. The van der Waals surface area contributed by atoms with Crippen LogP contribution in [0.15, 0.2) is 24.3 Å². The average molecular weight is 304 g/mol. The first-order chi connectivity index (χ1) is 10.5. The number of aromatic amines is 1. The van der Waals surface area contributed by atoms with Gasteiger partial charge in [-0.2, -0.15) is 0 Å². The molecule has 1 heterocycles. The summed E-state index contributed by atoms with van der Waals surface area (Å²) < 4.78 is 4.88. The largest absolute Gasteiger partial charge is 0.478 e. The first-order valence-electron chi connectivity index (χ1n) is 6.33. The number of fused-ring (bicyclic) bond motifs is 1. The third kappa shape index (κ3) is 2.80. The van der Waals surface area contributed by atoms with Gasteiger partial charge in [0.2, 0.25) is 0 Å². The number of carbonyl (C=O) groups is 2. The molecule has 0 saturated heterocycles. The van der Waals surface area contributed by atoms with Crippen molar-refractivity contribution in [1.82, 2.24) is 4.98 Å². The number of nitro benzene ring substituents is 1. The molecule has 0 atom stereocenters. The highest BCUT2D eigenvalue weighted by Gasteiger charge is 2.22. The summed E-state index contributed by atoms with van der Waals surface area (Å²) in [5.74, 6) is -1.91. The maximum atomic E-state index is 12.0. The summed E-state index contributed by atoms with van der Waals surface area (Å²) in [5, 5.41) is 20.2. The molecule has 114 valence electrons. The van der Waals surface area contributed by atoms with Crippen molar-refractivity contribution in [3.8, 4) is 0 Å². The predicted molar refractivity (Wildman–Crippen MR) is 77.6 cm³/mol. The third-order valence-corrected chi connectivity index (χ3v) is 2.92. The molecule has 0 fully saturated rings. The Balaban J connectivity index is 2.73. The molecule has 2 rings (SSSR count). The van der Waals surface area contributed by atoms with E-state index in [9.17, 15) is 19.7 Å². The van der Waals surface area contributed by atoms with Gasteiger partial charge in [-0.3, -0.25) is 10.1 Å². The van der Waals surface area contributed by atoms with Crippen LogP contribution < -0.4 is 0 Å². The lowest BCUT2D eigenvalue weighted by Crippen LogP contribution is -2.06. The van der Waals surface area contributed by atoms with Gasteiger partial charge < -0.3 is 14.8 Å². The van der Waals surface area contributed by atoms with Gasteiger partial charge in [0, 0.05) is 23.1 Å². The molecule has 2 aromatic rings. The quantitative estimate of drug-likeness (QED) is 0.378. The highest BCUT2D eigenvalue weighted by molar-refractivity contribution is 6.06. The van der Waals surface area contributed by atoms with Gasteiger partial charge >= 0.3 is 11.9 Å². The average Bonchev–Trinajstić information content (AvgIpc) is 2.83. The van der Waals surface area contributed by atoms with E-state index in [1.165, 1.54) is 18.2 Å². The molecular weight excluding hydrogens is 292 g/mol. The van der Waals surface area contributed by atoms with Crippen molar-refractivity contribution in [1.29, 1.82) is 0 Å². The monoisotopic (exact) mass is 304 g/mol. The molecule has 0 bridgehead atoms. The number of aromatic nitrogens is 1. The first kappa shape index (κ1) is 15.2. The minimum atomic E-state index is -1.20. The van der Waals surface area contributed by atoms with Crippen molar-refractivity contribution in [2.24, 2.45) is 0 Å². The summed E-state index contributed by atoms with van der Waals surface area (Å²) in [4.78, 5) is 35.8. The Morgan fingerprint density at radius 2 is 2.18 bits per heavy atom. The van der Waals surface area contributed by atoms with Crippen molar-refractivity contribution >= 4 is 34.6 Å². The molecule has 1 aromatic heterocycles. The van der Waals surface area contributed by atoms with Gasteiger partial charge in [-0.15, -0.1) is 0 Å². The van der Waals surface area contributed by atoms with E-state index in [2.05, 4.69) is 4.98 Å². The van der Waals surface area contributed by atoms with Gasteiger partial charge in [0.15, 0.2) is 0 Å². The molecule has 0 spiro atoms. The molecular formula is C14H12N2O6. The number of carboxylic acids is 1. The van der Waals surface area contributed by atoms with Crippen LogP contribution in [0.1, 0.15) is 23.0 Å². The van der Waals surface area contributed by atoms with Crippen LogP contribution in [0.4, 0.5) is 5.69 Å². The normalized spacial score (nSPS) is 11.0. The van der Waals surface area contributed by atoms with E-state index < -0.39 is 16.9 Å². The van der Waals surface area contributed by atoms with Crippen molar-refractivity contribution in [2.45, 2.75) is 6.92 Å². The highest BCUT2D eigenvalue weighted by atomic mass is 16.6. The van der Waals surface area contributed by atoms with Crippen LogP contribution >= 0.6 is 0 Å². The molecule has 0 aliphatic heterocycles. The van der Waals surface area contributed by atoms with E-state index in [0.717, 1.165) is 6.08 Å². The van der Waals surface area contributed by atoms with E-state index in [1.807, 2.05) is 0 Å². The fourth-order valence-electron chi connectivity index (χ4n) is 2.07. The van der Waals surface area contributed by atoms with Crippen LogP contribution in [-0.4, -0.2) is 33.6 Å². The molecule has 0 aliphatic carbocycles. The summed E-state index contributed by atoms with van der Waals surface area (Å²) in [6.45, 7) is 1.74. The number of carboxylic acid groups (broad SMARTS) is 1. The third-order valence-electron chi connectivity index (χ3n) is 2.92. The summed E-state index contributed by atoms with van der Waals surface area (Å²) in [5.41, 5.74) is 0.141. The van der Waals surface area contributed by atoms with E-state index in [1.54, 1.807) is 13.0 Å². The summed E-state index contributed by atoms with van der Waals surface area (Å²) in [7, 11) is 0. The van der Waals surface area contributed by atoms with Crippen molar-refractivity contribution in [2.75, 3.05) is 6.61 Å². The van der Waals surface area contributed by atoms with Crippen LogP contribution in [0, 0.1) is 10.1 Å². The molecule has 8 nitrogen and oxygen atoms in total. The maximum absolute atomic E-state index is 12.0. The van der Waals surface area contributed by atoms with Crippen LogP contribution in [0.2, 0.25) is 0 Å². The van der Waals surface area contributed by atoms with Crippen LogP contribution in [0.25, 0.3) is 17.0 Å². The second kappa shape index (κ2) is 6.08. The Morgan fingerprint density at radius 1 is 1.45 bits per heavy atom. The Morgan fingerprint density at radius 3 is 2.77 bits per heavy atom. The zero-order chi connectivity index (χ0) is 16.3. The molecule has 2 N–H and O–H groups in total. The molecule has 0 radical (unpaired) electrons. The van der Waals surface area contributed by atoms with Gasteiger partial charge in [-0.05, 0) is 13.0 Å². The molecule has 0 unspecified atom stereocenters. The van der Waals surface area contributed by atoms with E-state index >= 15 is 0 Å². The number of hydrogen-bond donors (Lipinski definition) is 2. The Kier molecular flexibility index (Phi) is 4.21. The molecule has 0 aliphatic rings. The number of nitrogens with zero attached hydrogens (tertiary/aromatic N) is 1. The van der Waals surface area contributed by atoms with Gasteiger partial charge in [0.05, 0.1) is 11.5 Å². The number of esters is 1. The molecule has 1 aromatic carbocycles. The first-order valence-corrected chi connectivity index (χ1v) is 6.33. The topological polar surface area (TPSA) is 123 Å². The summed E-state index contributed by atoms with van der Waals surface area (Å²) in [6.07, 6.45) is 2.06. The SMILES string of the molecule is CCOC(=O)c1[nH]c2c([N+](=O)[O-])cccc2c1/C=C/C(=O)O. The predicted octanol–water partition coefficient (Wildman–Crippen LogP) is 2.35. The number of nitro groups is 1. The van der Waals surface area contributed by atoms with E-state index in [-0.39, 0.29) is 29.1 Å². The zero-order valence-corrected chi connectivity index (χ0v) is 11.5. The smallest absolute Gasteiger partial charge is 0.355 e. The number of nitrogens with one attached hydrogen (secondary N) is 1. The number of non-ortho nitro benzene ring substituents is 1.